The van der Waals surface area contributed by atoms with Gasteiger partial charge in [0.05, 0.1) is 0 Å². The van der Waals surface area contributed by atoms with Gasteiger partial charge < -0.3 is 15.2 Å². The molecule has 0 aromatic carbocycles. The molecule has 0 bridgehead atoms. The third-order valence-electron chi connectivity index (χ3n) is 3.26. The Morgan fingerprint density at radius 2 is 2.30 bits per heavy atom. The minimum absolute atomic E-state index is 0.129. The highest BCUT2D eigenvalue weighted by molar-refractivity contribution is 5.79. The Balaban J connectivity index is 1.74. The molecule has 0 spiro atoms. The number of carbonyl (C=O) groups excluding carboxylic acids is 1. The zero-order chi connectivity index (χ0) is 14.4. The van der Waals surface area contributed by atoms with E-state index in [1.54, 1.807) is 6.20 Å². The van der Waals surface area contributed by atoms with Crippen LogP contribution in [0.2, 0.25) is 0 Å². The maximum Gasteiger partial charge on any atom is 0.220 e. The standard InChI is InChI=1S/C15H22N4O/c1-19(2)10-4-6-14(20)16-9-7-12-11-18-15-13(12)5-3-8-17-15/h3,5,8,11H,4,6-7,9-10H2,1-2H3,(H,16,20)(H,17,18). The number of H-pyrrole nitrogens is 1. The van der Waals surface area contributed by atoms with E-state index in [2.05, 4.69) is 20.2 Å². The molecule has 2 aromatic heterocycles. The van der Waals surface area contributed by atoms with Crippen LogP contribution in [-0.4, -0.2) is 48.0 Å². The summed E-state index contributed by atoms with van der Waals surface area (Å²) in [5, 5.41) is 4.10. The van der Waals surface area contributed by atoms with E-state index in [9.17, 15) is 4.79 Å². The van der Waals surface area contributed by atoms with Gasteiger partial charge in [-0.05, 0) is 51.2 Å². The van der Waals surface area contributed by atoms with Crippen molar-refractivity contribution in [1.82, 2.24) is 20.2 Å². The van der Waals surface area contributed by atoms with E-state index in [1.165, 1.54) is 5.56 Å². The van der Waals surface area contributed by atoms with Gasteiger partial charge in [-0.1, -0.05) is 0 Å². The summed E-state index contributed by atoms with van der Waals surface area (Å²) in [6.45, 7) is 1.62. The maximum absolute atomic E-state index is 11.7. The molecule has 5 heteroatoms. The highest BCUT2D eigenvalue weighted by Crippen LogP contribution is 2.15. The van der Waals surface area contributed by atoms with Crippen LogP contribution in [0.15, 0.2) is 24.5 Å². The topological polar surface area (TPSA) is 61.0 Å². The third kappa shape index (κ3) is 4.06. The first-order chi connectivity index (χ1) is 9.66. The van der Waals surface area contributed by atoms with Crippen LogP contribution in [0.3, 0.4) is 0 Å². The lowest BCUT2D eigenvalue weighted by atomic mass is 10.1. The molecule has 108 valence electrons. The van der Waals surface area contributed by atoms with Crippen LogP contribution in [0, 0.1) is 0 Å². The lowest BCUT2D eigenvalue weighted by Gasteiger charge is -2.09. The van der Waals surface area contributed by atoms with E-state index >= 15 is 0 Å². The number of hydrogen-bond donors (Lipinski definition) is 2. The molecule has 0 fully saturated rings. The number of fused-ring (bicyclic) bond motifs is 1. The minimum atomic E-state index is 0.129. The molecule has 2 N–H and O–H groups in total. The molecule has 2 heterocycles. The number of carbonyl (C=O) groups is 1. The van der Waals surface area contributed by atoms with Crippen LogP contribution in [0.1, 0.15) is 18.4 Å². The predicted molar refractivity (Wildman–Crippen MR) is 80.6 cm³/mol. The SMILES string of the molecule is CN(C)CCCC(=O)NCCc1c[nH]c2ncccc12. The van der Waals surface area contributed by atoms with Gasteiger partial charge in [-0.25, -0.2) is 4.98 Å². The van der Waals surface area contributed by atoms with Gasteiger partial charge in [-0.2, -0.15) is 0 Å². The van der Waals surface area contributed by atoms with Gasteiger partial charge in [-0.15, -0.1) is 0 Å². The van der Waals surface area contributed by atoms with Crippen molar-refractivity contribution < 1.29 is 4.79 Å². The Kier molecular flexibility index (Phi) is 5.12. The van der Waals surface area contributed by atoms with Crippen molar-refractivity contribution in [3.8, 4) is 0 Å². The summed E-state index contributed by atoms with van der Waals surface area (Å²) >= 11 is 0. The summed E-state index contributed by atoms with van der Waals surface area (Å²) in [5.41, 5.74) is 2.10. The number of amides is 1. The lowest BCUT2D eigenvalue weighted by molar-refractivity contribution is -0.121. The van der Waals surface area contributed by atoms with Gasteiger partial charge in [0, 0.05) is 30.7 Å². The molecule has 2 rings (SSSR count). The van der Waals surface area contributed by atoms with Gasteiger partial charge >= 0.3 is 0 Å². The molecule has 1 amide bonds. The summed E-state index contributed by atoms with van der Waals surface area (Å²) in [4.78, 5) is 21.2. The molecule has 5 nitrogen and oxygen atoms in total. The van der Waals surface area contributed by atoms with Crippen LogP contribution < -0.4 is 5.32 Å². The Morgan fingerprint density at radius 1 is 1.45 bits per heavy atom. The molecule has 0 radical (unpaired) electrons. The monoisotopic (exact) mass is 274 g/mol. The molecule has 2 aromatic rings. The second-order valence-electron chi connectivity index (χ2n) is 5.22. The summed E-state index contributed by atoms with van der Waals surface area (Å²) < 4.78 is 0. The molecule has 20 heavy (non-hydrogen) atoms. The number of nitrogens with zero attached hydrogens (tertiary/aromatic N) is 2. The number of rotatable bonds is 7. The first kappa shape index (κ1) is 14.5. The highest BCUT2D eigenvalue weighted by Gasteiger charge is 2.05. The number of aromatic nitrogens is 2. The fraction of sp³-hybridized carbons (Fsp3) is 0.467. The number of aromatic amines is 1. The van der Waals surface area contributed by atoms with E-state index in [0.29, 0.717) is 13.0 Å². The molecule has 0 aliphatic rings. The maximum atomic E-state index is 11.7. The zero-order valence-electron chi connectivity index (χ0n) is 12.1. The summed E-state index contributed by atoms with van der Waals surface area (Å²) in [6.07, 6.45) is 6.06. The Morgan fingerprint density at radius 3 is 3.10 bits per heavy atom. The van der Waals surface area contributed by atoms with Crippen molar-refractivity contribution in [2.24, 2.45) is 0 Å². The minimum Gasteiger partial charge on any atom is -0.356 e. The van der Waals surface area contributed by atoms with Gasteiger partial charge in [-0.3, -0.25) is 4.79 Å². The molecule has 0 aliphatic carbocycles. The van der Waals surface area contributed by atoms with E-state index in [1.807, 2.05) is 32.4 Å². The second-order valence-corrected chi connectivity index (χ2v) is 5.22. The summed E-state index contributed by atoms with van der Waals surface area (Å²) in [5.74, 6) is 0.129. The molecule has 0 aliphatic heterocycles. The van der Waals surface area contributed by atoms with E-state index in [0.717, 1.165) is 30.4 Å². The van der Waals surface area contributed by atoms with Gasteiger partial charge in [0.25, 0.3) is 0 Å². The van der Waals surface area contributed by atoms with Crippen molar-refractivity contribution in [1.29, 1.82) is 0 Å². The average molecular weight is 274 g/mol. The van der Waals surface area contributed by atoms with Crippen LogP contribution >= 0.6 is 0 Å². The fourth-order valence-corrected chi connectivity index (χ4v) is 2.20. The van der Waals surface area contributed by atoms with Crippen molar-refractivity contribution >= 4 is 16.9 Å². The molecule has 0 unspecified atom stereocenters. The summed E-state index contributed by atoms with van der Waals surface area (Å²) in [7, 11) is 4.03. The number of hydrogen-bond acceptors (Lipinski definition) is 3. The van der Waals surface area contributed by atoms with E-state index in [-0.39, 0.29) is 5.91 Å². The normalized spacial score (nSPS) is 11.2. The van der Waals surface area contributed by atoms with Crippen molar-refractivity contribution in [2.75, 3.05) is 27.2 Å². The van der Waals surface area contributed by atoms with E-state index < -0.39 is 0 Å². The molecule has 0 saturated heterocycles. The van der Waals surface area contributed by atoms with Crippen molar-refractivity contribution in [3.05, 3.63) is 30.1 Å². The highest BCUT2D eigenvalue weighted by atomic mass is 16.1. The molecular weight excluding hydrogens is 252 g/mol. The first-order valence-corrected chi connectivity index (χ1v) is 6.99. The predicted octanol–water partition coefficient (Wildman–Crippen LogP) is 1.56. The summed E-state index contributed by atoms with van der Waals surface area (Å²) in [6, 6.07) is 3.98. The first-order valence-electron chi connectivity index (χ1n) is 6.99. The quantitative estimate of drug-likeness (QED) is 0.805. The van der Waals surface area contributed by atoms with Crippen molar-refractivity contribution in [3.63, 3.8) is 0 Å². The van der Waals surface area contributed by atoms with Crippen molar-refractivity contribution in [2.45, 2.75) is 19.3 Å². The zero-order valence-corrected chi connectivity index (χ0v) is 12.1. The van der Waals surface area contributed by atoms with Gasteiger partial charge in [0.2, 0.25) is 5.91 Å². The third-order valence-corrected chi connectivity index (χ3v) is 3.26. The lowest BCUT2D eigenvalue weighted by Crippen LogP contribution is -2.26. The Labute approximate surface area is 119 Å². The van der Waals surface area contributed by atoms with E-state index in [4.69, 9.17) is 0 Å². The average Bonchev–Trinajstić information content (AvgIpc) is 2.82. The van der Waals surface area contributed by atoms with Crippen LogP contribution in [0.5, 0.6) is 0 Å². The fourth-order valence-electron chi connectivity index (χ4n) is 2.20. The number of pyridine rings is 1. The largest absolute Gasteiger partial charge is 0.356 e. The van der Waals surface area contributed by atoms with Crippen LogP contribution in [-0.2, 0) is 11.2 Å². The Bertz CT molecular complexity index is 562. The van der Waals surface area contributed by atoms with Crippen LogP contribution in [0.25, 0.3) is 11.0 Å². The van der Waals surface area contributed by atoms with Crippen LogP contribution in [0.4, 0.5) is 0 Å². The van der Waals surface area contributed by atoms with Gasteiger partial charge in [0.1, 0.15) is 5.65 Å². The molecule has 0 saturated carbocycles. The second kappa shape index (κ2) is 7.05. The molecule has 0 atom stereocenters. The Hall–Kier alpha value is -1.88. The smallest absolute Gasteiger partial charge is 0.220 e. The van der Waals surface area contributed by atoms with Gasteiger partial charge in [0.15, 0.2) is 0 Å². The number of nitrogens with one attached hydrogen (secondary N) is 2. The molecular formula is C15H22N4O.